The van der Waals surface area contributed by atoms with E-state index >= 15 is 0 Å². The van der Waals surface area contributed by atoms with Gasteiger partial charge in [0.25, 0.3) is 5.91 Å². The van der Waals surface area contributed by atoms with Gasteiger partial charge in [0, 0.05) is 11.3 Å². The molecule has 6 nitrogen and oxygen atoms in total. The Kier molecular flexibility index (Phi) is 6.28. The number of carbonyl (C=O) groups is 2. The number of amides is 1. The third-order valence-corrected chi connectivity index (χ3v) is 5.03. The van der Waals surface area contributed by atoms with Crippen molar-refractivity contribution < 1.29 is 19.4 Å². The van der Waals surface area contributed by atoms with Crippen LogP contribution in [-0.4, -0.2) is 29.1 Å². The van der Waals surface area contributed by atoms with Gasteiger partial charge in [0.1, 0.15) is 5.69 Å². The molecule has 1 aromatic heterocycles. The summed E-state index contributed by atoms with van der Waals surface area (Å²) in [5.41, 5.74) is 5.69. The van der Waals surface area contributed by atoms with Crippen molar-refractivity contribution in [3.05, 3.63) is 82.0 Å². The average Bonchev–Trinajstić information content (AvgIpc) is 2.76. The van der Waals surface area contributed by atoms with Crippen molar-refractivity contribution in [2.24, 2.45) is 0 Å². The van der Waals surface area contributed by atoms with E-state index in [1.165, 1.54) is 7.11 Å². The first-order valence-corrected chi connectivity index (χ1v) is 9.53. The molecule has 0 fully saturated rings. The lowest BCUT2D eigenvalue weighted by Gasteiger charge is -2.15. The summed E-state index contributed by atoms with van der Waals surface area (Å²) >= 11 is 0. The van der Waals surface area contributed by atoms with Crippen LogP contribution in [0.2, 0.25) is 0 Å². The van der Waals surface area contributed by atoms with Crippen LogP contribution in [0.4, 0.5) is 5.69 Å². The molecule has 6 heteroatoms. The van der Waals surface area contributed by atoms with E-state index in [1.54, 1.807) is 19.1 Å². The molecular weight excluding hydrogens is 380 g/mol. The highest BCUT2D eigenvalue weighted by Crippen LogP contribution is 2.26. The normalized spacial score (nSPS) is 10.6. The Morgan fingerprint density at radius 2 is 1.77 bits per heavy atom. The number of carbonyl (C=O) groups excluding carboxylic acids is 2. The molecule has 0 atom stereocenters. The van der Waals surface area contributed by atoms with Crippen LogP contribution in [0.25, 0.3) is 11.3 Å². The van der Waals surface area contributed by atoms with Gasteiger partial charge in [-0.1, -0.05) is 30.3 Å². The summed E-state index contributed by atoms with van der Waals surface area (Å²) in [6.45, 7) is 5.38. The molecule has 3 rings (SSSR count). The number of hydrogen-bond acceptors (Lipinski definition) is 5. The molecule has 2 aromatic carbocycles. The standard InChI is InChI=1S/C24H24N2O4/c1-14-8-10-19(24(29)30-4)16(3)21(14)26-23(28)22-15(2)9-11-20(25-22)18-7-5-6-17(12-18)13-27/h5-12,27H,13H2,1-4H3,(H,26,28). The summed E-state index contributed by atoms with van der Waals surface area (Å²) in [7, 11) is 1.32. The molecule has 0 bridgehead atoms. The molecule has 1 amide bonds. The van der Waals surface area contributed by atoms with Crippen molar-refractivity contribution in [3.63, 3.8) is 0 Å². The molecule has 0 unspecified atom stereocenters. The van der Waals surface area contributed by atoms with E-state index in [1.807, 2.05) is 50.2 Å². The number of anilines is 1. The third kappa shape index (κ3) is 4.23. The molecule has 30 heavy (non-hydrogen) atoms. The fraction of sp³-hybridized carbons (Fsp3) is 0.208. The van der Waals surface area contributed by atoms with Crippen LogP contribution in [0.1, 0.15) is 43.1 Å². The molecule has 0 aliphatic heterocycles. The zero-order valence-electron chi connectivity index (χ0n) is 17.4. The van der Waals surface area contributed by atoms with Gasteiger partial charge < -0.3 is 15.2 Å². The van der Waals surface area contributed by atoms with Crippen molar-refractivity contribution >= 4 is 17.6 Å². The van der Waals surface area contributed by atoms with Gasteiger partial charge in [-0.25, -0.2) is 9.78 Å². The predicted molar refractivity (Wildman–Crippen MR) is 116 cm³/mol. The van der Waals surface area contributed by atoms with E-state index in [9.17, 15) is 14.7 Å². The lowest BCUT2D eigenvalue weighted by atomic mass is 10.0. The monoisotopic (exact) mass is 404 g/mol. The lowest BCUT2D eigenvalue weighted by Crippen LogP contribution is -2.18. The SMILES string of the molecule is COC(=O)c1ccc(C)c(NC(=O)c2nc(-c3cccc(CO)c3)ccc2C)c1C. The molecule has 0 aliphatic carbocycles. The Morgan fingerprint density at radius 3 is 2.47 bits per heavy atom. The molecule has 154 valence electrons. The first kappa shape index (κ1) is 21.2. The number of benzene rings is 2. The number of esters is 1. The summed E-state index contributed by atoms with van der Waals surface area (Å²) < 4.78 is 4.82. The summed E-state index contributed by atoms with van der Waals surface area (Å²) in [4.78, 5) is 29.6. The largest absolute Gasteiger partial charge is 0.465 e. The molecule has 0 saturated heterocycles. The van der Waals surface area contributed by atoms with Crippen molar-refractivity contribution in [3.8, 4) is 11.3 Å². The number of hydrogen-bond donors (Lipinski definition) is 2. The van der Waals surface area contributed by atoms with Gasteiger partial charge >= 0.3 is 5.97 Å². The quantitative estimate of drug-likeness (QED) is 0.622. The number of nitrogens with one attached hydrogen (secondary N) is 1. The molecule has 0 spiro atoms. The first-order chi connectivity index (χ1) is 14.3. The van der Waals surface area contributed by atoms with Crippen molar-refractivity contribution in [2.45, 2.75) is 27.4 Å². The Bertz CT molecular complexity index is 1120. The van der Waals surface area contributed by atoms with Gasteiger partial charge in [-0.15, -0.1) is 0 Å². The van der Waals surface area contributed by atoms with Crippen molar-refractivity contribution in [2.75, 3.05) is 12.4 Å². The number of nitrogens with zero attached hydrogens (tertiary/aromatic N) is 1. The van der Waals surface area contributed by atoms with Gasteiger partial charge in [-0.2, -0.15) is 0 Å². The topological polar surface area (TPSA) is 88.5 Å². The van der Waals surface area contributed by atoms with E-state index in [4.69, 9.17) is 4.74 Å². The molecular formula is C24H24N2O4. The summed E-state index contributed by atoms with van der Waals surface area (Å²) in [6, 6.07) is 14.5. The third-order valence-electron chi connectivity index (χ3n) is 5.03. The highest BCUT2D eigenvalue weighted by atomic mass is 16.5. The Balaban J connectivity index is 1.97. The van der Waals surface area contributed by atoms with Crippen LogP contribution in [0.5, 0.6) is 0 Å². The van der Waals surface area contributed by atoms with Crippen LogP contribution in [-0.2, 0) is 11.3 Å². The fourth-order valence-electron chi connectivity index (χ4n) is 3.29. The van der Waals surface area contributed by atoms with Crippen LogP contribution >= 0.6 is 0 Å². The molecule has 1 heterocycles. The summed E-state index contributed by atoms with van der Waals surface area (Å²) in [5, 5.41) is 12.3. The molecule has 3 aromatic rings. The van der Waals surface area contributed by atoms with Crippen LogP contribution < -0.4 is 5.32 Å². The van der Waals surface area contributed by atoms with Crippen molar-refractivity contribution in [1.29, 1.82) is 0 Å². The number of ether oxygens (including phenoxy) is 1. The smallest absolute Gasteiger partial charge is 0.338 e. The van der Waals surface area contributed by atoms with Gasteiger partial charge in [-0.3, -0.25) is 4.79 Å². The zero-order chi connectivity index (χ0) is 21.8. The number of aliphatic hydroxyl groups excluding tert-OH is 1. The molecule has 0 saturated carbocycles. The van der Waals surface area contributed by atoms with Crippen molar-refractivity contribution in [1.82, 2.24) is 4.98 Å². The maximum absolute atomic E-state index is 13.1. The minimum atomic E-state index is -0.455. The number of aliphatic hydroxyl groups is 1. The number of pyridine rings is 1. The average molecular weight is 404 g/mol. The number of aryl methyl sites for hydroxylation is 2. The van der Waals surface area contributed by atoms with Crippen LogP contribution in [0.3, 0.4) is 0 Å². The Hall–Kier alpha value is -3.51. The number of rotatable bonds is 5. The maximum atomic E-state index is 13.1. The van der Waals surface area contributed by atoms with Gasteiger partial charge in [0.05, 0.1) is 25.0 Å². The molecule has 0 aliphatic rings. The molecule has 0 radical (unpaired) electrons. The van der Waals surface area contributed by atoms with E-state index in [-0.39, 0.29) is 12.5 Å². The van der Waals surface area contributed by atoms with Crippen LogP contribution in [0.15, 0.2) is 48.5 Å². The Morgan fingerprint density at radius 1 is 1.03 bits per heavy atom. The first-order valence-electron chi connectivity index (χ1n) is 9.53. The fourth-order valence-corrected chi connectivity index (χ4v) is 3.29. The number of methoxy groups -OCH3 is 1. The van der Waals surface area contributed by atoms with E-state index in [2.05, 4.69) is 10.3 Å². The molecule has 2 N–H and O–H groups in total. The maximum Gasteiger partial charge on any atom is 0.338 e. The van der Waals surface area contributed by atoms with Gasteiger partial charge in [-0.05, 0) is 61.2 Å². The lowest BCUT2D eigenvalue weighted by molar-refractivity contribution is 0.0599. The van der Waals surface area contributed by atoms with Gasteiger partial charge in [0.15, 0.2) is 0 Å². The summed E-state index contributed by atoms with van der Waals surface area (Å²) in [5.74, 6) is -0.816. The van der Waals surface area contributed by atoms with Crippen LogP contribution in [0, 0.1) is 20.8 Å². The van der Waals surface area contributed by atoms with E-state index < -0.39 is 5.97 Å². The summed E-state index contributed by atoms with van der Waals surface area (Å²) in [6.07, 6.45) is 0. The zero-order valence-corrected chi connectivity index (χ0v) is 17.4. The van der Waals surface area contributed by atoms with E-state index in [0.717, 1.165) is 22.3 Å². The van der Waals surface area contributed by atoms with Gasteiger partial charge in [0.2, 0.25) is 0 Å². The second kappa shape index (κ2) is 8.88. The second-order valence-corrected chi connectivity index (χ2v) is 7.10. The second-order valence-electron chi connectivity index (χ2n) is 7.10. The highest BCUT2D eigenvalue weighted by molar-refractivity contribution is 6.06. The predicted octanol–water partition coefficient (Wildman–Crippen LogP) is 4.21. The minimum Gasteiger partial charge on any atom is -0.465 e. The Labute approximate surface area is 175 Å². The highest BCUT2D eigenvalue weighted by Gasteiger charge is 2.18. The number of aromatic nitrogens is 1. The van der Waals surface area contributed by atoms with E-state index in [0.29, 0.717) is 28.2 Å². The minimum absolute atomic E-state index is 0.0673.